The summed E-state index contributed by atoms with van der Waals surface area (Å²) in [6.07, 6.45) is 7.06. The summed E-state index contributed by atoms with van der Waals surface area (Å²) in [6.45, 7) is 3.26. The second kappa shape index (κ2) is 5.38. The molecule has 16 heavy (non-hydrogen) atoms. The van der Waals surface area contributed by atoms with E-state index in [-0.39, 0.29) is 0 Å². The van der Waals surface area contributed by atoms with Crippen LogP contribution in [0.2, 0.25) is 0 Å². The monoisotopic (exact) mass is 217 g/mol. The second-order valence-corrected chi connectivity index (χ2v) is 4.94. The van der Waals surface area contributed by atoms with E-state index in [2.05, 4.69) is 43.1 Å². The SMILES string of the molecule is CCN(C)c1ccc(C2CCCCC2)cc1. The number of rotatable bonds is 3. The number of nitrogens with zero attached hydrogens (tertiary/aromatic N) is 1. The van der Waals surface area contributed by atoms with E-state index in [1.54, 1.807) is 5.56 Å². The molecular weight excluding hydrogens is 194 g/mol. The largest absolute Gasteiger partial charge is 0.375 e. The van der Waals surface area contributed by atoms with Crippen molar-refractivity contribution in [2.75, 3.05) is 18.5 Å². The summed E-state index contributed by atoms with van der Waals surface area (Å²) in [7, 11) is 2.15. The highest BCUT2D eigenvalue weighted by molar-refractivity contribution is 5.47. The van der Waals surface area contributed by atoms with Crippen LogP contribution < -0.4 is 4.90 Å². The number of hydrogen-bond acceptors (Lipinski definition) is 1. The summed E-state index contributed by atoms with van der Waals surface area (Å²) in [6, 6.07) is 9.20. The van der Waals surface area contributed by atoms with Gasteiger partial charge in [0, 0.05) is 19.3 Å². The maximum atomic E-state index is 2.33. The van der Waals surface area contributed by atoms with Gasteiger partial charge in [0.15, 0.2) is 0 Å². The van der Waals surface area contributed by atoms with Crippen LogP contribution in [0.15, 0.2) is 24.3 Å². The third kappa shape index (κ3) is 2.58. The van der Waals surface area contributed by atoms with E-state index in [0.717, 1.165) is 12.5 Å². The van der Waals surface area contributed by atoms with Crippen LogP contribution in [-0.2, 0) is 0 Å². The van der Waals surface area contributed by atoms with Crippen molar-refractivity contribution in [1.82, 2.24) is 0 Å². The molecule has 0 unspecified atom stereocenters. The first-order chi connectivity index (χ1) is 7.81. The van der Waals surface area contributed by atoms with Crippen molar-refractivity contribution in [3.05, 3.63) is 29.8 Å². The topological polar surface area (TPSA) is 3.24 Å². The van der Waals surface area contributed by atoms with Crippen molar-refractivity contribution in [1.29, 1.82) is 0 Å². The first-order valence-corrected chi connectivity index (χ1v) is 6.62. The molecule has 2 rings (SSSR count). The molecule has 0 bridgehead atoms. The molecule has 0 N–H and O–H groups in total. The van der Waals surface area contributed by atoms with E-state index in [1.165, 1.54) is 37.8 Å². The molecule has 1 aromatic carbocycles. The Morgan fingerprint density at radius 3 is 2.25 bits per heavy atom. The number of hydrogen-bond donors (Lipinski definition) is 0. The zero-order valence-electron chi connectivity index (χ0n) is 10.6. The summed E-state index contributed by atoms with van der Waals surface area (Å²) < 4.78 is 0. The molecule has 0 aliphatic heterocycles. The maximum Gasteiger partial charge on any atom is 0.0363 e. The standard InChI is InChI=1S/C15H23N/c1-3-16(2)15-11-9-14(10-12-15)13-7-5-4-6-8-13/h9-13H,3-8H2,1-2H3. The highest BCUT2D eigenvalue weighted by Gasteiger charge is 2.15. The molecular formula is C15H23N. The zero-order chi connectivity index (χ0) is 11.4. The normalized spacial score (nSPS) is 17.4. The van der Waals surface area contributed by atoms with E-state index in [4.69, 9.17) is 0 Å². The Morgan fingerprint density at radius 2 is 1.69 bits per heavy atom. The molecule has 0 atom stereocenters. The van der Waals surface area contributed by atoms with Crippen molar-refractivity contribution in [3.63, 3.8) is 0 Å². The number of benzene rings is 1. The molecule has 88 valence electrons. The lowest BCUT2D eigenvalue weighted by atomic mass is 9.84. The van der Waals surface area contributed by atoms with Crippen LogP contribution >= 0.6 is 0 Å². The Morgan fingerprint density at radius 1 is 1.06 bits per heavy atom. The molecule has 0 spiro atoms. The molecule has 1 aromatic rings. The van der Waals surface area contributed by atoms with Crippen molar-refractivity contribution in [3.8, 4) is 0 Å². The molecule has 1 saturated carbocycles. The van der Waals surface area contributed by atoms with Gasteiger partial charge in [-0.2, -0.15) is 0 Å². The summed E-state index contributed by atoms with van der Waals surface area (Å²) >= 11 is 0. The van der Waals surface area contributed by atoms with Gasteiger partial charge in [0.05, 0.1) is 0 Å². The summed E-state index contributed by atoms with van der Waals surface area (Å²) in [4.78, 5) is 2.28. The first kappa shape index (κ1) is 11.5. The third-order valence-electron chi connectivity index (χ3n) is 3.88. The highest BCUT2D eigenvalue weighted by atomic mass is 15.1. The molecule has 1 aliphatic rings. The Bertz CT molecular complexity index is 309. The zero-order valence-corrected chi connectivity index (χ0v) is 10.6. The summed E-state index contributed by atoms with van der Waals surface area (Å²) in [5.41, 5.74) is 2.88. The van der Waals surface area contributed by atoms with Crippen molar-refractivity contribution >= 4 is 5.69 Å². The van der Waals surface area contributed by atoms with E-state index in [0.29, 0.717) is 0 Å². The Hall–Kier alpha value is -0.980. The molecule has 0 saturated heterocycles. The minimum Gasteiger partial charge on any atom is -0.375 e. The fourth-order valence-corrected chi connectivity index (χ4v) is 2.62. The molecule has 0 aromatic heterocycles. The van der Waals surface area contributed by atoms with E-state index in [9.17, 15) is 0 Å². The van der Waals surface area contributed by atoms with Crippen LogP contribution in [0.5, 0.6) is 0 Å². The van der Waals surface area contributed by atoms with Gasteiger partial charge < -0.3 is 4.90 Å². The lowest BCUT2D eigenvalue weighted by Crippen LogP contribution is -2.15. The fourth-order valence-electron chi connectivity index (χ4n) is 2.62. The Labute approximate surface area is 99.5 Å². The molecule has 1 heteroatoms. The van der Waals surface area contributed by atoms with E-state index in [1.807, 2.05) is 0 Å². The first-order valence-electron chi connectivity index (χ1n) is 6.62. The Balaban J connectivity index is 2.06. The fraction of sp³-hybridized carbons (Fsp3) is 0.600. The van der Waals surface area contributed by atoms with Crippen LogP contribution in [0.1, 0.15) is 50.5 Å². The molecule has 1 fully saturated rings. The lowest BCUT2D eigenvalue weighted by molar-refractivity contribution is 0.443. The van der Waals surface area contributed by atoms with Crippen LogP contribution in [0.3, 0.4) is 0 Å². The minimum absolute atomic E-state index is 0.828. The maximum absolute atomic E-state index is 2.33. The van der Waals surface area contributed by atoms with Crippen LogP contribution in [0.4, 0.5) is 5.69 Å². The molecule has 0 amide bonds. The van der Waals surface area contributed by atoms with Crippen LogP contribution in [0, 0.1) is 0 Å². The molecule has 1 aliphatic carbocycles. The van der Waals surface area contributed by atoms with Gasteiger partial charge >= 0.3 is 0 Å². The van der Waals surface area contributed by atoms with Gasteiger partial charge in [0.1, 0.15) is 0 Å². The average Bonchev–Trinajstić information content (AvgIpc) is 2.39. The van der Waals surface area contributed by atoms with Gasteiger partial charge in [-0.1, -0.05) is 31.4 Å². The highest BCUT2D eigenvalue weighted by Crippen LogP contribution is 2.33. The van der Waals surface area contributed by atoms with Crippen molar-refractivity contribution in [2.24, 2.45) is 0 Å². The molecule has 1 nitrogen and oxygen atoms in total. The minimum atomic E-state index is 0.828. The summed E-state index contributed by atoms with van der Waals surface area (Å²) in [5, 5.41) is 0. The van der Waals surface area contributed by atoms with Crippen LogP contribution in [-0.4, -0.2) is 13.6 Å². The van der Waals surface area contributed by atoms with Gasteiger partial charge in [0.25, 0.3) is 0 Å². The van der Waals surface area contributed by atoms with Crippen LogP contribution in [0.25, 0.3) is 0 Å². The quantitative estimate of drug-likeness (QED) is 0.733. The average molecular weight is 217 g/mol. The van der Waals surface area contributed by atoms with Gasteiger partial charge in [-0.15, -0.1) is 0 Å². The van der Waals surface area contributed by atoms with Gasteiger partial charge in [-0.25, -0.2) is 0 Å². The summed E-state index contributed by atoms with van der Waals surface area (Å²) in [5.74, 6) is 0.828. The van der Waals surface area contributed by atoms with E-state index >= 15 is 0 Å². The van der Waals surface area contributed by atoms with Gasteiger partial charge in [0.2, 0.25) is 0 Å². The second-order valence-electron chi connectivity index (χ2n) is 4.94. The lowest BCUT2D eigenvalue weighted by Gasteiger charge is -2.23. The smallest absolute Gasteiger partial charge is 0.0363 e. The van der Waals surface area contributed by atoms with Crippen molar-refractivity contribution < 1.29 is 0 Å². The third-order valence-corrected chi connectivity index (χ3v) is 3.88. The van der Waals surface area contributed by atoms with Crippen molar-refractivity contribution in [2.45, 2.75) is 44.9 Å². The number of anilines is 1. The Kier molecular flexibility index (Phi) is 3.87. The van der Waals surface area contributed by atoms with Gasteiger partial charge in [-0.05, 0) is 43.4 Å². The molecule has 0 radical (unpaired) electrons. The molecule has 0 heterocycles. The van der Waals surface area contributed by atoms with E-state index < -0.39 is 0 Å². The van der Waals surface area contributed by atoms with Gasteiger partial charge in [-0.3, -0.25) is 0 Å². The predicted octanol–water partition coefficient (Wildman–Crippen LogP) is 4.19. The predicted molar refractivity (Wildman–Crippen MR) is 71.2 cm³/mol.